The number of nitrogens with zero attached hydrogens (tertiary/aromatic N) is 4. The molecule has 116 valence electrons. The molecule has 0 saturated heterocycles. The van der Waals surface area contributed by atoms with Crippen LogP contribution in [-0.4, -0.2) is 38.7 Å². The van der Waals surface area contributed by atoms with Gasteiger partial charge in [-0.1, -0.05) is 0 Å². The summed E-state index contributed by atoms with van der Waals surface area (Å²) in [4.78, 5) is 25.3. The average Bonchev–Trinajstić information content (AvgIpc) is 3.15. The van der Waals surface area contributed by atoms with Gasteiger partial charge in [0.15, 0.2) is 0 Å². The maximum atomic E-state index is 12.1. The Labute approximate surface area is 130 Å². The van der Waals surface area contributed by atoms with Gasteiger partial charge in [0.2, 0.25) is 0 Å². The summed E-state index contributed by atoms with van der Waals surface area (Å²) in [5.74, 6) is 0. The first-order valence-electron chi connectivity index (χ1n) is 6.88. The van der Waals surface area contributed by atoms with E-state index in [1.165, 1.54) is 27.5 Å². The van der Waals surface area contributed by atoms with E-state index >= 15 is 0 Å². The molecular formula is C13H15N5O3S. The number of carbonyl (C=O) groups is 1. The van der Waals surface area contributed by atoms with Crippen LogP contribution in [0.25, 0.3) is 0 Å². The lowest BCUT2D eigenvalue weighted by atomic mass is 10.1. The Bertz CT molecular complexity index is 695. The van der Waals surface area contributed by atoms with E-state index in [0.717, 1.165) is 6.42 Å². The van der Waals surface area contributed by atoms with Gasteiger partial charge in [0, 0.05) is 24.5 Å². The van der Waals surface area contributed by atoms with Crippen LogP contribution >= 0.6 is 11.3 Å². The zero-order valence-electron chi connectivity index (χ0n) is 11.8. The highest BCUT2D eigenvalue weighted by Crippen LogP contribution is 2.23. The number of hydrogen-bond acceptors (Lipinski definition) is 5. The predicted octanol–water partition coefficient (Wildman–Crippen LogP) is 1.62. The van der Waals surface area contributed by atoms with E-state index in [1.807, 2.05) is 0 Å². The molecule has 2 amide bonds. The third kappa shape index (κ3) is 3.08. The number of rotatable bonds is 4. The van der Waals surface area contributed by atoms with Crippen LogP contribution in [0.3, 0.4) is 0 Å². The molecule has 3 heterocycles. The van der Waals surface area contributed by atoms with Crippen LogP contribution in [0.15, 0.2) is 23.8 Å². The number of carbonyl (C=O) groups excluding carboxylic acids is 1. The first-order valence-corrected chi connectivity index (χ1v) is 7.76. The summed E-state index contributed by atoms with van der Waals surface area (Å²) in [5.41, 5.74) is 1.17. The Balaban J connectivity index is 1.47. The Hall–Kier alpha value is -2.42. The van der Waals surface area contributed by atoms with Gasteiger partial charge < -0.3 is 10.2 Å². The lowest BCUT2D eigenvalue weighted by Gasteiger charge is -2.27. The number of aromatic nitrogens is 2. The number of fused-ring (bicyclic) bond motifs is 1. The number of nitro groups is 1. The summed E-state index contributed by atoms with van der Waals surface area (Å²) >= 11 is 1.73. The van der Waals surface area contributed by atoms with E-state index < -0.39 is 4.92 Å². The van der Waals surface area contributed by atoms with Gasteiger partial charge in [0.1, 0.15) is 12.4 Å². The Morgan fingerprint density at radius 1 is 1.55 bits per heavy atom. The van der Waals surface area contributed by atoms with E-state index in [4.69, 9.17) is 0 Å². The van der Waals surface area contributed by atoms with E-state index in [2.05, 4.69) is 21.9 Å². The van der Waals surface area contributed by atoms with Gasteiger partial charge in [0.05, 0.1) is 11.5 Å². The lowest BCUT2D eigenvalue weighted by Crippen LogP contribution is -2.43. The molecule has 3 rings (SSSR count). The Kier molecular flexibility index (Phi) is 4.05. The fourth-order valence-electron chi connectivity index (χ4n) is 2.38. The van der Waals surface area contributed by atoms with Crippen LogP contribution in [0.1, 0.15) is 10.4 Å². The SMILES string of the molecule is O=C(NCCn1cc([N+](=O)[O-])cn1)N1CCc2sccc2C1. The normalized spacial score (nSPS) is 13.7. The van der Waals surface area contributed by atoms with Gasteiger partial charge in [-0.2, -0.15) is 5.10 Å². The minimum absolute atomic E-state index is 0.0488. The van der Waals surface area contributed by atoms with E-state index in [-0.39, 0.29) is 11.7 Å². The summed E-state index contributed by atoms with van der Waals surface area (Å²) in [6.07, 6.45) is 3.45. The third-order valence-electron chi connectivity index (χ3n) is 3.54. The third-order valence-corrected chi connectivity index (χ3v) is 4.57. The minimum Gasteiger partial charge on any atom is -0.336 e. The zero-order valence-corrected chi connectivity index (χ0v) is 12.6. The van der Waals surface area contributed by atoms with Crippen molar-refractivity contribution >= 4 is 23.1 Å². The van der Waals surface area contributed by atoms with Gasteiger partial charge in [-0.25, -0.2) is 4.79 Å². The second-order valence-electron chi connectivity index (χ2n) is 4.99. The molecule has 2 aromatic heterocycles. The standard InChI is InChI=1S/C13H15N5O3S/c19-13(16-4-1-12-10(8-16)2-6-22-12)14-3-5-17-9-11(7-15-17)18(20)21/h2,6-7,9H,1,3-5,8H2,(H,14,19). The topological polar surface area (TPSA) is 93.3 Å². The van der Waals surface area contributed by atoms with Gasteiger partial charge in [0.25, 0.3) is 0 Å². The van der Waals surface area contributed by atoms with Gasteiger partial charge >= 0.3 is 11.7 Å². The summed E-state index contributed by atoms with van der Waals surface area (Å²) < 4.78 is 1.45. The average molecular weight is 321 g/mol. The van der Waals surface area contributed by atoms with Gasteiger partial charge in [-0.15, -0.1) is 11.3 Å². The van der Waals surface area contributed by atoms with Crippen LogP contribution in [0.4, 0.5) is 10.5 Å². The minimum atomic E-state index is -0.492. The quantitative estimate of drug-likeness (QED) is 0.684. The van der Waals surface area contributed by atoms with Crippen LogP contribution in [0.5, 0.6) is 0 Å². The molecule has 8 nitrogen and oxygen atoms in total. The van der Waals surface area contributed by atoms with Crippen LogP contribution < -0.4 is 5.32 Å². The molecule has 0 unspecified atom stereocenters. The molecule has 1 aliphatic rings. The molecule has 9 heteroatoms. The highest BCUT2D eigenvalue weighted by Gasteiger charge is 2.21. The van der Waals surface area contributed by atoms with Crippen molar-refractivity contribution in [3.05, 3.63) is 44.4 Å². The number of hydrogen-bond donors (Lipinski definition) is 1. The molecular weight excluding hydrogens is 306 g/mol. The van der Waals surface area contributed by atoms with Crippen molar-refractivity contribution in [2.24, 2.45) is 0 Å². The van der Waals surface area contributed by atoms with Crippen molar-refractivity contribution in [2.45, 2.75) is 19.5 Å². The summed E-state index contributed by atoms with van der Waals surface area (Å²) in [5, 5.41) is 19.3. The summed E-state index contributed by atoms with van der Waals surface area (Å²) in [6, 6.07) is 1.95. The summed E-state index contributed by atoms with van der Waals surface area (Å²) in [7, 11) is 0. The number of amides is 2. The van der Waals surface area contributed by atoms with Crippen LogP contribution in [-0.2, 0) is 19.5 Å². The molecule has 2 aromatic rings. The van der Waals surface area contributed by atoms with E-state index in [9.17, 15) is 14.9 Å². The van der Waals surface area contributed by atoms with Crippen molar-refractivity contribution < 1.29 is 9.72 Å². The molecule has 0 atom stereocenters. The number of thiophene rings is 1. The van der Waals surface area contributed by atoms with Crippen molar-refractivity contribution in [3.8, 4) is 0 Å². The highest BCUT2D eigenvalue weighted by molar-refractivity contribution is 7.10. The van der Waals surface area contributed by atoms with Crippen molar-refractivity contribution in [3.63, 3.8) is 0 Å². The second kappa shape index (κ2) is 6.14. The maximum Gasteiger partial charge on any atom is 0.317 e. The second-order valence-corrected chi connectivity index (χ2v) is 5.99. The first kappa shape index (κ1) is 14.5. The highest BCUT2D eigenvalue weighted by atomic mass is 32.1. The Morgan fingerprint density at radius 3 is 3.18 bits per heavy atom. The first-order chi connectivity index (χ1) is 10.6. The van der Waals surface area contributed by atoms with Gasteiger partial charge in [-0.05, 0) is 23.4 Å². The fourth-order valence-corrected chi connectivity index (χ4v) is 3.27. The molecule has 1 N–H and O–H groups in total. The Morgan fingerprint density at radius 2 is 2.41 bits per heavy atom. The van der Waals surface area contributed by atoms with Crippen molar-refractivity contribution in [2.75, 3.05) is 13.1 Å². The largest absolute Gasteiger partial charge is 0.336 e. The monoisotopic (exact) mass is 321 g/mol. The molecule has 22 heavy (non-hydrogen) atoms. The molecule has 0 saturated carbocycles. The predicted molar refractivity (Wildman–Crippen MR) is 80.7 cm³/mol. The number of nitrogens with one attached hydrogen (secondary N) is 1. The number of urea groups is 1. The molecule has 0 aliphatic carbocycles. The molecule has 0 spiro atoms. The fraction of sp³-hybridized carbons (Fsp3) is 0.385. The molecule has 0 radical (unpaired) electrons. The smallest absolute Gasteiger partial charge is 0.317 e. The molecule has 1 aliphatic heterocycles. The zero-order chi connectivity index (χ0) is 15.5. The van der Waals surface area contributed by atoms with Crippen molar-refractivity contribution in [1.29, 1.82) is 0 Å². The lowest BCUT2D eigenvalue weighted by molar-refractivity contribution is -0.385. The van der Waals surface area contributed by atoms with E-state index in [0.29, 0.717) is 26.2 Å². The summed E-state index contributed by atoms with van der Waals surface area (Å²) in [6.45, 7) is 2.13. The molecule has 0 fully saturated rings. The van der Waals surface area contributed by atoms with Crippen LogP contribution in [0, 0.1) is 10.1 Å². The van der Waals surface area contributed by atoms with E-state index in [1.54, 1.807) is 16.2 Å². The van der Waals surface area contributed by atoms with Crippen LogP contribution in [0.2, 0.25) is 0 Å². The van der Waals surface area contributed by atoms with Gasteiger partial charge in [-0.3, -0.25) is 14.8 Å². The molecule has 0 aromatic carbocycles. The van der Waals surface area contributed by atoms with Crippen molar-refractivity contribution in [1.82, 2.24) is 20.0 Å². The molecule has 0 bridgehead atoms. The maximum absolute atomic E-state index is 12.1.